The van der Waals surface area contributed by atoms with Crippen LogP contribution in [0.15, 0.2) is 0 Å². The molecule has 1 amide bonds. The van der Waals surface area contributed by atoms with Crippen molar-refractivity contribution in [1.29, 1.82) is 0 Å². The van der Waals surface area contributed by atoms with Gasteiger partial charge in [-0.05, 0) is 38.0 Å². The van der Waals surface area contributed by atoms with Crippen molar-refractivity contribution in [3.63, 3.8) is 0 Å². The second kappa shape index (κ2) is 3.69. The smallest absolute Gasteiger partial charge is 0.225 e. The monoisotopic (exact) mass is 238 g/mol. The quantitative estimate of drug-likeness (QED) is 0.791. The minimum absolute atomic E-state index is 0.0600. The van der Waals surface area contributed by atoms with Gasteiger partial charge in [0.25, 0.3) is 0 Å². The highest BCUT2D eigenvalue weighted by Gasteiger charge is 2.52. The molecule has 0 aromatic rings. The molecule has 0 radical (unpaired) electrons. The van der Waals surface area contributed by atoms with E-state index in [4.69, 9.17) is 10.5 Å². The molecule has 0 unspecified atom stereocenters. The Labute approximate surface area is 102 Å². The van der Waals surface area contributed by atoms with Crippen LogP contribution in [0.3, 0.4) is 0 Å². The number of hydrogen-bond acceptors (Lipinski definition) is 3. The molecule has 0 bridgehead atoms. The summed E-state index contributed by atoms with van der Waals surface area (Å²) < 4.78 is 5.50. The number of carbonyl (C=O) groups excluding carboxylic acids is 1. The SMILES string of the molecule is COC1(CC(=O)N2CC(N)(C3CC3)C2)CCC1. The molecule has 0 aromatic heterocycles. The van der Waals surface area contributed by atoms with Crippen LogP contribution in [0.2, 0.25) is 0 Å². The fourth-order valence-electron chi connectivity index (χ4n) is 3.17. The number of amides is 1. The van der Waals surface area contributed by atoms with Crippen LogP contribution in [-0.4, -0.2) is 42.1 Å². The van der Waals surface area contributed by atoms with Crippen molar-refractivity contribution >= 4 is 5.91 Å². The Kier molecular flexibility index (Phi) is 2.49. The minimum atomic E-state index is -0.149. The lowest BCUT2D eigenvalue weighted by atomic mass is 9.76. The summed E-state index contributed by atoms with van der Waals surface area (Å²) in [6.45, 7) is 1.52. The molecular formula is C13H22N2O2. The van der Waals surface area contributed by atoms with Crippen LogP contribution >= 0.6 is 0 Å². The molecule has 3 aliphatic rings. The summed E-state index contributed by atoms with van der Waals surface area (Å²) in [5, 5.41) is 0. The third-order valence-electron chi connectivity index (χ3n) is 4.88. The fourth-order valence-corrected chi connectivity index (χ4v) is 3.17. The van der Waals surface area contributed by atoms with Crippen LogP contribution in [0.25, 0.3) is 0 Å². The van der Waals surface area contributed by atoms with Gasteiger partial charge in [0.1, 0.15) is 0 Å². The van der Waals surface area contributed by atoms with Crippen LogP contribution in [0.4, 0.5) is 0 Å². The molecule has 1 heterocycles. The second-order valence-corrected chi connectivity index (χ2v) is 6.17. The number of carbonyl (C=O) groups is 1. The predicted molar refractivity (Wildman–Crippen MR) is 64.4 cm³/mol. The van der Waals surface area contributed by atoms with E-state index in [1.807, 2.05) is 4.90 Å². The maximum absolute atomic E-state index is 12.1. The lowest BCUT2D eigenvalue weighted by Gasteiger charge is -2.50. The Morgan fingerprint density at radius 3 is 2.47 bits per heavy atom. The van der Waals surface area contributed by atoms with Crippen molar-refractivity contribution in [2.24, 2.45) is 11.7 Å². The number of methoxy groups -OCH3 is 1. The lowest BCUT2D eigenvalue weighted by Crippen LogP contribution is -2.70. The van der Waals surface area contributed by atoms with Gasteiger partial charge in [-0.2, -0.15) is 0 Å². The number of ether oxygens (including phenoxy) is 1. The van der Waals surface area contributed by atoms with Gasteiger partial charge in [0, 0.05) is 20.2 Å². The maximum atomic E-state index is 12.1. The van der Waals surface area contributed by atoms with Gasteiger partial charge in [0.05, 0.1) is 17.6 Å². The summed E-state index contributed by atoms with van der Waals surface area (Å²) in [6, 6.07) is 0. The second-order valence-electron chi connectivity index (χ2n) is 6.17. The van der Waals surface area contributed by atoms with Crippen molar-refractivity contribution in [2.75, 3.05) is 20.2 Å². The highest BCUT2D eigenvalue weighted by atomic mass is 16.5. The number of hydrogen-bond donors (Lipinski definition) is 1. The zero-order valence-electron chi connectivity index (χ0n) is 10.6. The summed E-state index contributed by atoms with van der Waals surface area (Å²) in [7, 11) is 1.72. The molecule has 4 heteroatoms. The van der Waals surface area contributed by atoms with Gasteiger partial charge in [-0.1, -0.05) is 0 Å². The first-order chi connectivity index (χ1) is 8.07. The molecule has 17 heavy (non-hydrogen) atoms. The lowest BCUT2D eigenvalue weighted by molar-refractivity contribution is -0.151. The van der Waals surface area contributed by atoms with E-state index in [0.29, 0.717) is 12.3 Å². The molecule has 1 saturated heterocycles. The fraction of sp³-hybridized carbons (Fsp3) is 0.923. The average Bonchev–Trinajstić information content (AvgIpc) is 3.02. The molecule has 3 fully saturated rings. The van der Waals surface area contributed by atoms with E-state index in [-0.39, 0.29) is 17.0 Å². The summed E-state index contributed by atoms with van der Waals surface area (Å²) >= 11 is 0. The van der Waals surface area contributed by atoms with E-state index < -0.39 is 0 Å². The van der Waals surface area contributed by atoms with E-state index in [1.54, 1.807) is 7.11 Å². The van der Waals surface area contributed by atoms with Crippen molar-refractivity contribution in [2.45, 2.75) is 49.7 Å². The van der Waals surface area contributed by atoms with Gasteiger partial charge in [-0.3, -0.25) is 4.79 Å². The molecule has 3 rings (SSSR count). The van der Waals surface area contributed by atoms with Gasteiger partial charge in [-0.25, -0.2) is 0 Å². The largest absolute Gasteiger partial charge is 0.378 e. The summed E-state index contributed by atoms with van der Waals surface area (Å²) in [6.07, 6.45) is 6.29. The molecule has 1 aliphatic heterocycles. The maximum Gasteiger partial charge on any atom is 0.225 e. The number of rotatable bonds is 4. The van der Waals surface area contributed by atoms with Crippen LogP contribution in [0.1, 0.15) is 38.5 Å². The van der Waals surface area contributed by atoms with Crippen LogP contribution < -0.4 is 5.73 Å². The molecule has 2 N–H and O–H groups in total. The van der Waals surface area contributed by atoms with Gasteiger partial charge < -0.3 is 15.4 Å². The van der Waals surface area contributed by atoms with Gasteiger partial charge in [0.2, 0.25) is 5.91 Å². The number of nitrogens with two attached hydrogens (primary N) is 1. The Morgan fingerprint density at radius 1 is 1.41 bits per heavy atom. The molecule has 0 aromatic carbocycles. The van der Waals surface area contributed by atoms with Crippen molar-refractivity contribution in [3.05, 3.63) is 0 Å². The zero-order chi connectivity index (χ0) is 12.1. The Morgan fingerprint density at radius 2 is 2.06 bits per heavy atom. The normalized spacial score (nSPS) is 29.4. The molecule has 2 saturated carbocycles. The standard InChI is InChI=1S/C13H22N2O2/c1-17-12(5-2-6-12)7-11(16)15-8-13(14,9-15)10-3-4-10/h10H,2-9,14H2,1H3. The highest BCUT2D eigenvalue weighted by Crippen LogP contribution is 2.44. The molecule has 4 nitrogen and oxygen atoms in total. The molecule has 0 spiro atoms. The van der Waals surface area contributed by atoms with Crippen LogP contribution in [0, 0.1) is 5.92 Å². The minimum Gasteiger partial charge on any atom is -0.378 e. The molecular weight excluding hydrogens is 216 g/mol. The van der Waals surface area contributed by atoms with Crippen LogP contribution in [-0.2, 0) is 9.53 Å². The summed E-state index contributed by atoms with van der Waals surface area (Å²) in [4.78, 5) is 14.0. The average molecular weight is 238 g/mol. The third kappa shape index (κ3) is 1.87. The first-order valence-corrected chi connectivity index (χ1v) is 6.69. The Bertz CT molecular complexity index is 323. The van der Waals surface area contributed by atoms with Crippen molar-refractivity contribution in [3.8, 4) is 0 Å². The van der Waals surface area contributed by atoms with E-state index in [1.165, 1.54) is 19.3 Å². The molecule has 96 valence electrons. The van der Waals surface area contributed by atoms with Gasteiger partial charge in [0.15, 0.2) is 0 Å². The van der Waals surface area contributed by atoms with E-state index >= 15 is 0 Å². The first kappa shape index (κ1) is 11.5. The molecule has 0 atom stereocenters. The van der Waals surface area contributed by atoms with Crippen LogP contribution in [0.5, 0.6) is 0 Å². The summed E-state index contributed by atoms with van der Waals surface area (Å²) in [5.41, 5.74) is 6.04. The predicted octanol–water partition coefficient (Wildman–Crippen LogP) is 0.895. The third-order valence-corrected chi connectivity index (χ3v) is 4.88. The summed E-state index contributed by atoms with van der Waals surface area (Å²) in [5.74, 6) is 0.903. The van der Waals surface area contributed by atoms with Crippen molar-refractivity contribution < 1.29 is 9.53 Å². The number of likely N-dealkylation sites (tertiary alicyclic amines) is 1. The number of nitrogens with zero attached hydrogens (tertiary/aromatic N) is 1. The Hall–Kier alpha value is -0.610. The van der Waals surface area contributed by atoms with E-state index in [9.17, 15) is 4.79 Å². The van der Waals surface area contributed by atoms with E-state index in [2.05, 4.69) is 0 Å². The van der Waals surface area contributed by atoms with Gasteiger partial charge >= 0.3 is 0 Å². The highest BCUT2D eigenvalue weighted by molar-refractivity contribution is 5.78. The van der Waals surface area contributed by atoms with Gasteiger partial charge in [-0.15, -0.1) is 0 Å². The first-order valence-electron chi connectivity index (χ1n) is 6.69. The van der Waals surface area contributed by atoms with E-state index in [0.717, 1.165) is 25.9 Å². The zero-order valence-corrected chi connectivity index (χ0v) is 10.6. The topological polar surface area (TPSA) is 55.6 Å². The van der Waals surface area contributed by atoms with Crippen molar-refractivity contribution in [1.82, 2.24) is 4.90 Å². The Balaban J connectivity index is 1.51. The molecule has 2 aliphatic carbocycles.